The topological polar surface area (TPSA) is 77.3 Å². The second-order valence-electron chi connectivity index (χ2n) is 4.29. The summed E-state index contributed by atoms with van der Waals surface area (Å²) in [5, 5.41) is 13.4. The number of ether oxygens (including phenoxy) is 1. The minimum Gasteiger partial charge on any atom is -0.370 e. The lowest BCUT2D eigenvalue weighted by molar-refractivity contribution is -0.385. The zero-order valence-corrected chi connectivity index (χ0v) is 10.9. The maximum atomic E-state index is 11.9. The summed E-state index contributed by atoms with van der Waals surface area (Å²) in [5.74, 6) is 0.374. The SMILES string of the molecule is Cc1cc([N+](=O)[O-])cnc1N[C@@H](C)COCC(F)(F)F. The van der Waals surface area contributed by atoms with Crippen LogP contribution in [0.4, 0.5) is 24.7 Å². The van der Waals surface area contributed by atoms with Crippen LogP contribution in [0.1, 0.15) is 12.5 Å². The molecule has 0 saturated carbocycles. The summed E-state index contributed by atoms with van der Waals surface area (Å²) in [7, 11) is 0. The fourth-order valence-corrected chi connectivity index (χ4v) is 1.44. The molecule has 0 aliphatic heterocycles. The fourth-order valence-electron chi connectivity index (χ4n) is 1.44. The van der Waals surface area contributed by atoms with Gasteiger partial charge in [-0.05, 0) is 19.4 Å². The number of hydrogen-bond acceptors (Lipinski definition) is 5. The predicted octanol–water partition coefficient (Wildman–Crippen LogP) is 2.68. The second kappa shape index (κ2) is 6.51. The molecular weight excluding hydrogens is 279 g/mol. The van der Waals surface area contributed by atoms with Crippen molar-refractivity contribution in [2.75, 3.05) is 18.5 Å². The molecule has 0 bridgehead atoms. The number of pyridine rings is 1. The number of aryl methyl sites for hydroxylation is 1. The third kappa shape index (κ3) is 5.39. The molecule has 112 valence electrons. The molecule has 0 fully saturated rings. The van der Waals surface area contributed by atoms with Crippen molar-refractivity contribution in [2.24, 2.45) is 0 Å². The first-order valence-corrected chi connectivity index (χ1v) is 5.71. The van der Waals surface area contributed by atoms with Crippen molar-refractivity contribution >= 4 is 11.5 Å². The van der Waals surface area contributed by atoms with Gasteiger partial charge in [0.25, 0.3) is 5.69 Å². The van der Waals surface area contributed by atoms with Crippen LogP contribution in [0.15, 0.2) is 12.3 Å². The lowest BCUT2D eigenvalue weighted by Gasteiger charge is -2.16. The summed E-state index contributed by atoms with van der Waals surface area (Å²) in [6, 6.07) is 0.920. The third-order valence-corrected chi connectivity index (χ3v) is 2.29. The zero-order chi connectivity index (χ0) is 15.3. The molecule has 0 aliphatic rings. The maximum Gasteiger partial charge on any atom is 0.411 e. The molecule has 0 unspecified atom stereocenters. The lowest BCUT2D eigenvalue weighted by atomic mass is 10.2. The molecule has 0 radical (unpaired) electrons. The average molecular weight is 293 g/mol. The van der Waals surface area contributed by atoms with Crippen molar-refractivity contribution in [3.8, 4) is 0 Å². The zero-order valence-electron chi connectivity index (χ0n) is 10.9. The van der Waals surface area contributed by atoms with Crippen molar-refractivity contribution in [1.82, 2.24) is 4.98 Å². The summed E-state index contributed by atoms with van der Waals surface area (Å²) < 4.78 is 40.2. The van der Waals surface area contributed by atoms with Crippen molar-refractivity contribution in [2.45, 2.75) is 26.1 Å². The Bertz CT molecular complexity index is 480. The Morgan fingerprint density at radius 3 is 2.70 bits per heavy atom. The van der Waals surface area contributed by atoms with Crippen LogP contribution in [0.25, 0.3) is 0 Å². The van der Waals surface area contributed by atoms with Crippen LogP contribution < -0.4 is 5.32 Å². The number of nitrogens with one attached hydrogen (secondary N) is 1. The first-order valence-electron chi connectivity index (χ1n) is 5.71. The Hall–Kier alpha value is -1.90. The number of halogens is 3. The summed E-state index contributed by atoms with van der Waals surface area (Å²) in [6.45, 7) is 1.77. The van der Waals surface area contributed by atoms with Gasteiger partial charge >= 0.3 is 6.18 Å². The van der Waals surface area contributed by atoms with Gasteiger partial charge < -0.3 is 10.1 Å². The summed E-state index contributed by atoms with van der Waals surface area (Å²) in [5.41, 5.74) is 0.385. The molecule has 0 amide bonds. The average Bonchev–Trinajstić information content (AvgIpc) is 2.29. The lowest BCUT2D eigenvalue weighted by Crippen LogP contribution is -2.26. The van der Waals surface area contributed by atoms with E-state index >= 15 is 0 Å². The van der Waals surface area contributed by atoms with E-state index in [1.165, 1.54) is 6.07 Å². The van der Waals surface area contributed by atoms with Crippen LogP contribution in [0.3, 0.4) is 0 Å². The van der Waals surface area contributed by atoms with E-state index in [4.69, 9.17) is 0 Å². The van der Waals surface area contributed by atoms with Gasteiger partial charge in [-0.15, -0.1) is 0 Å². The van der Waals surface area contributed by atoms with Crippen LogP contribution in [-0.4, -0.2) is 35.3 Å². The molecule has 1 heterocycles. The molecule has 0 spiro atoms. The van der Waals surface area contributed by atoms with Gasteiger partial charge in [0, 0.05) is 12.1 Å². The molecule has 1 aromatic rings. The van der Waals surface area contributed by atoms with Crippen LogP contribution >= 0.6 is 0 Å². The van der Waals surface area contributed by atoms with Gasteiger partial charge in [-0.1, -0.05) is 0 Å². The smallest absolute Gasteiger partial charge is 0.370 e. The molecule has 0 aliphatic carbocycles. The molecule has 6 nitrogen and oxygen atoms in total. The van der Waals surface area contributed by atoms with Crippen LogP contribution in [-0.2, 0) is 4.74 Å². The Labute approximate surface area is 113 Å². The van der Waals surface area contributed by atoms with Crippen molar-refractivity contribution < 1.29 is 22.8 Å². The molecule has 1 aromatic heterocycles. The Morgan fingerprint density at radius 2 is 2.20 bits per heavy atom. The molecule has 9 heteroatoms. The fraction of sp³-hybridized carbons (Fsp3) is 0.545. The number of anilines is 1. The molecular formula is C11H14F3N3O3. The van der Waals surface area contributed by atoms with Crippen LogP contribution in [0.5, 0.6) is 0 Å². The highest BCUT2D eigenvalue weighted by atomic mass is 19.4. The Morgan fingerprint density at radius 1 is 1.55 bits per heavy atom. The van der Waals surface area contributed by atoms with Gasteiger partial charge in [0.15, 0.2) is 0 Å². The van der Waals surface area contributed by atoms with E-state index in [0.717, 1.165) is 6.20 Å². The van der Waals surface area contributed by atoms with E-state index in [9.17, 15) is 23.3 Å². The quantitative estimate of drug-likeness (QED) is 0.644. The molecule has 1 rings (SSSR count). The van der Waals surface area contributed by atoms with Crippen LogP contribution in [0, 0.1) is 17.0 Å². The van der Waals surface area contributed by atoms with E-state index in [0.29, 0.717) is 11.4 Å². The standard InChI is InChI=1S/C11H14F3N3O3/c1-7-3-9(17(18)19)4-15-10(7)16-8(2)5-20-6-11(12,13)14/h3-4,8H,5-6H2,1-2H3,(H,15,16)/t8-/m0/s1. The minimum atomic E-state index is -4.36. The number of nitro groups is 1. The molecule has 1 atom stereocenters. The maximum absolute atomic E-state index is 11.9. The number of aromatic nitrogens is 1. The third-order valence-electron chi connectivity index (χ3n) is 2.29. The van der Waals surface area contributed by atoms with Crippen molar-refractivity contribution in [3.63, 3.8) is 0 Å². The predicted molar refractivity (Wildman–Crippen MR) is 65.6 cm³/mol. The van der Waals surface area contributed by atoms with E-state index in [1.807, 2.05) is 0 Å². The molecule has 1 N–H and O–H groups in total. The highest BCUT2D eigenvalue weighted by Gasteiger charge is 2.27. The minimum absolute atomic E-state index is 0.144. The monoisotopic (exact) mass is 293 g/mol. The van der Waals surface area contributed by atoms with E-state index in [-0.39, 0.29) is 12.3 Å². The summed E-state index contributed by atoms with van der Waals surface area (Å²) >= 11 is 0. The summed E-state index contributed by atoms with van der Waals surface area (Å²) in [4.78, 5) is 13.8. The first-order chi connectivity index (χ1) is 9.19. The molecule has 0 aromatic carbocycles. The van der Waals surface area contributed by atoms with Crippen molar-refractivity contribution in [3.05, 3.63) is 27.9 Å². The Balaban J connectivity index is 2.54. The Kier molecular flexibility index (Phi) is 5.26. The highest BCUT2D eigenvalue weighted by Crippen LogP contribution is 2.19. The first kappa shape index (κ1) is 16.2. The van der Waals surface area contributed by atoms with Crippen molar-refractivity contribution in [1.29, 1.82) is 0 Å². The van der Waals surface area contributed by atoms with E-state index in [2.05, 4.69) is 15.0 Å². The second-order valence-corrected chi connectivity index (χ2v) is 4.29. The van der Waals surface area contributed by atoms with E-state index in [1.54, 1.807) is 13.8 Å². The number of nitrogens with zero attached hydrogens (tertiary/aromatic N) is 2. The normalized spacial score (nSPS) is 13.1. The summed E-state index contributed by atoms with van der Waals surface area (Å²) in [6.07, 6.45) is -3.28. The number of alkyl halides is 3. The molecule has 0 saturated heterocycles. The number of rotatable bonds is 6. The highest BCUT2D eigenvalue weighted by molar-refractivity contribution is 5.48. The van der Waals surface area contributed by atoms with E-state index < -0.39 is 23.7 Å². The van der Waals surface area contributed by atoms with Gasteiger partial charge in [-0.25, -0.2) is 4.98 Å². The van der Waals surface area contributed by atoms with Gasteiger partial charge in [0.05, 0.1) is 11.5 Å². The van der Waals surface area contributed by atoms with Gasteiger partial charge in [-0.2, -0.15) is 13.2 Å². The largest absolute Gasteiger partial charge is 0.411 e. The van der Waals surface area contributed by atoms with Crippen LogP contribution in [0.2, 0.25) is 0 Å². The van der Waals surface area contributed by atoms with Gasteiger partial charge in [-0.3, -0.25) is 10.1 Å². The molecule has 20 heavy (non-hydrogen) atoms. The number of hydrogen-bond donors (Lipinski definition) is 1. The van der Waals surface area contributed by atoms with Gasteiger partial charge in [0.1, 0.15) is 18.6 Å². The van der Waals surface area contributed by atoms with Gasteiger partial charge in [0.2, 0.25) is 0 Å².